The Morgan fingerprint density at radius 3 is 2.54 bits per heavy atom. The van der Waals surface area contributed by atoms with Crippen molar-refractivity contribution >= 4 is 8.25 Å². The fourth-order valence-electron chi connectivity index (χ4n) is 1.12. The Labute approximate surface area is 81.8 Å². The van der Waals surface area contributed by atoms with E-state index in [1.807, 2.05) is 0 Å². The van der Waals surface area contributed by atoms with Gasteiger partial charge in [-0.3, -0.25) is 0 Å². The zero-order valence-electron chi connectivity index (χ0n) is 8.78. The zero-order valence-corrected chi connectivity index (χ0v) is 9.68. The van der Waals surface area contributed by atoms with E-state index in [9.17, 15) is 4.57 Å². The van der Waals surface area contributed by atoms with Crippen LogP contribution in [0.3, 0.4) is 0 Å². The molecule has 4 heteroatoms. The molecule has 0 amide bonds. The Morgan fingerprint density at radius 2 is 2.08 bits per heavy atom. The van der Waals surface area contributed by atoms with E-state index < -0.39 is 8.25 Å². The van der Waals surface area contributed by atoms with Gasteiger partial charge in [0.2, 0.25) is 0 Å². The average molecular weight is 207 g/mol. The third-order valence-corrected chi connectivity index (χ3v) is 2.77. The maximum atomic E-state index is 10.8. The van der Waals surface area contributed by atoms with Crippen LogP contribution in [0.4, 0.5) is 0 Å². The highest BCUT2D eigenvalue weighted by atomic mass is 31.1. The van der Waals surface area contributed by atoms with Gasteiger partial charge in [0.25, 0.3) is 0 Å². The van der Waals surface area contributed by atoms with E-state index in [0.29, 0.717) is 12.5 Å². The first-order chi connectivity index (χ1) is 6.24. The van der Waals surface area contributed by atoms with Crippen LogP contribution in [0.2, 0.25) is 0 Å². The Morgan fingerprint density at radius 1 is 1.38 bits per heavy atom. The first-order valence-corrected chi connectivity index (χ1v) is 5.98. The van der Waals surface area contributed by atoms with Gasteiger partial charge < -0.3 is 0 Å². The molecule has 0 spiro atoms. The van der Waals surface area contributed by atoms with Crippen molar-refractivity contribution in [2.45, 2.75) is 39.5 Å². The third-order valence-electron chi connectivity index (χ3n) is 2.11. The molecule has 0 rings (SSSR count). The van der Waals surface area contributed by atoms with Crippen LogP contribution >= 0.6 is 8.25 Å². The Kier molecular flexibility index (Phi) is 8.62. The molecule has 0 saturated carbocycles. The van der Waals surface area contributed by atoms with E-state index in [1.54, 1.807) is 0 Å². The predicted molar refractivity (Wildman–Crippen MR) is 53.9 cm³/mol. The van der Waals surface area contributed by atoms with Crippen molar-refractivity contribution in [1.29, 1.82) is 0 Å². The summed E-state index contributed by atoms with van der Waals surface area (Å²) in [5.74, 6) is 0.522. The molecular formula is C9H20O3P+. The van der Waals surface area contributed by atoms with Gasteiger partial charge in [0.05, 0.1) is 7.11 Å². The molecule has 0 heterocycles. The van der Waals surface area contributed by atoms with E-state index in [1.165, 1.54) is 20.0 Å². The summed E-state index contributed by atoms with van der Waals surface area (Å²) in [6, 6.07) is 0. The van der Waals surface area contributed by atoms with Crippen molar-refractivity contribution in [3.63, 3.8) is 0 Å². The molecular weight excluding hydrogens is 187 g/mol. The molecule has 0 fully saturated rings. The molecule has 0 aliphatic rings. The monoisotopic (exact) mass is 207 g/mol. The Hall–Kier alpha value is 0.0200. The normalized spacial score (nSPS) is 14.2. The van der Waals surface area contributed by atoms with Crippen molar-refractivity contribution in [3.8, 4) is 0 Å². The molecule has 3 nitrogen and oxygen atoms in total. The second-order valence-corrected chi connectivity index (χ2v) is 4.19. The summed E-state index contributed by atoms with van der Waals surface area (Å²) < 4.78 is 20.4. The molecule has 2 unspecified atom stereocenters. The number of hydrogen-bond donors (Lipinski definition) is 0. The van der Waals surface area contributed by atoms with Gasteiger partial charge in [-0.05, 0) is 12.3 Å². The van der Waals surface area contributed by atoms with Gasteiger partial charge in [-0.2, -0.15) is 0 Å². The zero-order chi connectivity index (χ0) is 10.1. The van der Waals surface area contributed by atoms with Gasteiger partial charge in [0.15, 0.2) is 0 Å². The van der Waals surface area contributed by atoms with Gasteiger partial charge in [0, 0.05) is 4.57 Å². The van der Waals surface area contributed by atoms with Crippen LogP contribution < -0.4 is 0 Å². The molecule has 0 aromatic rings. The van der Waals surface area contributed by atoms with Crippen LogP contribution in [-0.4, -0.2) is 13.7 Å². The summed E-state index contributed by atoms with van der Waals surface area (Å²) >= 11 is 0. The molecule has 0 aliphatic carbocycles. The van der Waals surface area contributed by atoms with E-state index >= 15 is 0 Å². The summed E-state index contributed by atoms with van der Waals surface area (Å²) in [6.07, 6.45) is 4.64. The van der Waals surface area contributed by atoms with Crippen LogP contribution in [0.1, 0.15) is 39.5 Å². The Balaban J connectivity index is 3.52. The molecule has 2 atom stereocenters. The molecule has 0 aliphatic heterocycles. The molecule has 0 radical (unpaired) electrons. The van der Waals surface area contributed by atoms with Crippen molar-refractivity contribution < 1.29 is 13.6 Å². The maximum absolute atomic E-state index is 10.8. The van der Waals surface area contributed by atoms with E-state index in [-0.39, 0.29) is 0 Å². The first-order valence-electron chi connectivity index (χ1n) is 4.88. The molecule has 0 aromatic carbocycles. The van der Waals surface area contributed by atoms with Crippen molar-refractivity contribution in [1.82, 2.24) is 0 Å². The summed E-state index contributed by atoms with van der Waals surface area (Å²) in [4.78, 5) is 0. The number of rotatable bonds is 8. The summed E-state index contributed by atoms with van der Waals surface area (Å²) in [5.41, 5.74) is 0. The van der Waals surface area contributed by atoms with Gasteiger partial charge in [0.1, 0.15) is 6.61 Å². The lowest BCUT2D eigenvalue weighted by Gasteiger charge is -2.09. The van der Waals surface area contributed by atoms with Crippen LogP contribution in [-0.2, 0) is 13.6 Å². The lowest BCUT2D eigenvalue weighted by atomic mass is 10.0. The standard InChI is InChI=1S/C9H20O3P/c1-4-6-7-9(5-2)8-12-13(10)11-3/h9H,4-8H2,1-3H3/q+1. The minimum Gasteiger partial charge on any atom is -0.122 e. The molecule has 0 N–H and O–H groups in total. The van der Waals surface area contributed by atoms with Crippen LogP contribution in [0, 0.1) is 5.92 Å². The van der Waals surface area contributed by atoms with Gasteiger partial charge in [-0.1, -0.05) is 33.1 Å². The average Bonchev–Trinajstić information content (AvgIpc) is 2.17. The summed E-state index contributed by atoms with van der Waals surface area (Å²) in [7, 11) is -0.487. The second kappa shape index (κ2) is 8.61. The number of unbranched alkanes of at least 4 members (excludes halogenated alkanes) is 1. The molecule has 13 heavy (non-hydrogen) atoms. The summed E-state index contributed by atoms with van der Waals surface area (Å²) in [6.45, 7) is 4.85. The predicted octanol–water partition coefficient (Wildman–Crippen LogP) is 3.52. The fourth-order valence-corrected chi connectivity index (χ4v) is 1.56. The Bertz CT molecular complexity index is 139. The highest BCUT2D eigenvalue weighted by molar-refractivity contribution is 7.33. The third kappa shape index (κ3) is 7.12. The molecule has 0 aromatic heterocycles. The van der Waals surface area contributed by atoms with E-state index in [2.05, 4.69) is 18.4 Å². The van der Waals surface area contributed by atoms with Crippen LogP contribution in [0.25, 0.3) is 0 Å². The lowest BCUT2D eigenvalue weighted by molar-refractivity contribution is 0.205. The smallest absolute Gasteiger partial charge is 0.122 e. The minimum atomic E-state index is -1.88. The number of hydrogen-bond acceptors (Lipinski definition) is 3. The second-order valence-electron chi connectivity index (χ2n) is 3.12. The summed E-state index contributed by atoms with van der Waals surface area (Å²) in [5, 5.41) is 0. The lowest BCUT2D eigenvalue weighted by Crippen LogP contribution is -2.05. The first kappa shape index (κ1) is 13.0. The fraction of sp³-hybridized carbons (Fsp3) is 1.00. The quantitative estimate of drug-likeness (QED) is 0.571. The molecule has 78 valence electrons. The van der Waals surface area contributed by atoms with Crippen molar-refractivity contribution in [2.24, 2.45) is 5.92 Å². The van der Waals surface area contributed by atoms with E-state index in [0.717, 1.165) is 12.8 Å². The highest BCUT2D eigenvalue weighted by Gasteiger charge is 2.19. The van der Waals surface area contributed by atoms with Gasteiger partial charge >= 0.3 is 8.25 Å². The van der Waals surface area contributed by atoms with Crippen LogP contribution in [0.15, 0.2) is 0 Å². The highest BCUT2D eigenvalue weighted by Crippen LogP contribution is 2.25. The molecule has 0 saturated heterocycles. The van der Waals surface area contributed by atoms with Gasteiger partial charge in [-0.25, -0.2) is 0 Å². The van der Waals surface area contributed by atoms with Crippen molar-refractivity contribution in [3.05, 3.63) is 0 Å². The molecule has 0 bridgehead atoms. The maximum Gasteiger partial charge on any atom is 0.697 e. The van der Waals surface area contributed by atoms with Crippen LogP contribution in [0.5, 0.6) is 0 Å². The van der Waals surface area contributed by atoms with E-state index in [4.69, 9.17) is 4.52 Å². The van der Waals surface area contributed by atoms with Crippen molar-refractivity contribution in [2.75, 3.05) is 13.7 Å². The SMILES string of the molecule is CCCCC(CC)CO[P+](=O)OC. The minimum absolute atomic E-state index is 0.522. The largest absolute Gasteiger partial charge is 0.697 e. The topological polar surface area (TPSA) is 35.5 Å². The van der Waals surface area contributed by atoms with Gasteiger partial charge in [-0.15, -0.1) is 9.05 Å².